The third-order valence-electron chi connectivity index (χ3n) is 1.05. The second-order valence-electron chi connectivity index (χ2n) is 2.31. The lowest BCUT2D eigenvalue weighted by Gasteiger charge is -2.17. The van der Waals surface area contributed by atoms with Crippen molar-refractivity contribution in [3.05, 3.63) is 0 Å². The van der Waals surface area contributed by atoms with Gasteiger partial charge in [-0.3, -0.25) is 9.47 Å². The summed E-state index contributed by atoms with van der Waals surface area (Å²) in [6.07, 6.45) is 0.833. The zero-order valence-electron chi connectivity index (χ0n) is 8.27. The van der Waals surface area contributed by atoms with Crippen molar-refractivity contribution in [2.24, 2.45) is 0 Å². The summed E-state index contributed by atoms with van der Waals surface area (Å²) in [6.45, 7) is 3.48. The van der Waals surface area contributed by atoms with Gasteiger partial charge >= 0.3 is 14.2 Å². The number of hydrogen-bond acceptors (Lipinski definition) is 6. The molecule has 6 nitrogen and oxygen atoms in total. The molecule has 0 aromatic rings. The summed E-state index contributed by atoms with van der Waals surface area (Å²) >= 11 is 0. The molecule has 1 unspecified atom stereocenters. The summed E-state index contributed by atoms with van der Waals surface area (Å²) in [5, 5.41) is 0. The van der Waals surface area contributed by atoms with Crippen molar-refractivity contribution in [1.29, 1.82) is 0 Å². The maximum absolute atomic E-state index is 10.8. The normalized spacial score (nSPS) is 13.4. The van der Waals surface area contributed by atoms with E-state index in [2.05, 4.69) is 4.18 Å². The highest BCUT2D eigenvalue weighted by Crippen LogP contribution is 2.29. The van der Waals surface area contributed by atoms with Crippen LogP contribution in [0.5, 0.6) is 0 Å². The summed E-state index contributed by atoms with van der Waals surface area (Å²) in [7, 11) is -4.97. The van der Waals surface area contributed by atoms with Crippen molar-refractivity contribution < 1.29 is 26.6 Å². The van der Waals surface area contributed by atoms with E-state index < -0.39 is 24.3 Å². The molecule has 0 fully saturated rings. The number of rotatable bonds is 7. The molecule has 0 aliphatic heterocycles. The molecule has 0 aliphatic carbocycles. The first kappa shape index (κ1) is 13.9. The SMILES string of the molecule is CCOC(OCC)(OS(C)(=O)=O)[PH+]=O. The molecule has 0 aromatic heterocycles. The first-order valence-electron chi connectivity index (χ1n) is 3.97. The molecule has 0 rings (SSSR count). The van der Waals surface area contributed by atoms with Crippen molar-refractivity contribution >= 4 is 18.6 Å². The van der Waals surface area contributed by atoms with Crippen molar-refractivity contribution in [2.45, 2.75) is 19.6 Å². The summed E-state index contributed by atoms with van der Waals surface area (Å²) in [5.74, 6) is 0. The van der Waals surface area contributed by atoms with Crippen LogP contribution in [-0.2, 0) is 28.3 Å². The predicted molar refractivity (Wildman–Crippen MR) is 50.9 cm³/mol. The summed E-state index contributed by atoms with van der Waals surface area (Å²) < 4.78 is 46.7. The molecule has 1 atom stereocenters. The van der Waals surface area contributed by atoms with Crippen LogP contribution in [0.3, 0.4) is 0 Å². The lowest BCUT2D eigenvalue weighted by Crippen LogP contribution is -2.35. The van der Waals surface area contributed by atoms with Gasteiger partial charge in [0.15, 0.2) is 0 Å². The second-order valence-corrected chi connectivity index (χ2v) is 4.70. The van der Waals surface area contributed by atoms with Crippen LogP contribution >= 0.6 is 8.46 Å². The molecule has 0 heterocycles. The Bertz CT molecular complexity index is 268. The fourth-order valence-corrected chi connectivity index (χ4v) is 2.24. The van der Waals surface area contributed by atoms with Gasteiger partial charge in [0.25, 0.3) is 10.1 Å². The largest absolute Gasteiger partial charge is 0.510 e. The average molecular weight is 245 g/mol. The molecule has 0 radical (unpaired) electrons. The zero-order chi connectivity index (χ0) is 11.2. The molecular weight excluding hydrogens is 231 g/mol. The van der Waals surface area contributed by atoms with Gasteiger partial charge in [-0.1, -0.05) is 4.57 Å². The fraction of sp³-hybridized carbons (Fsp3) is 1.00. The topological polar surface area (TPSA) is 78.9 Å². The lowest BCUT2D eigenvalue weighted by atomic mass is 10.8. The maximum atomic E-state index is 10.8. The molecule has 0 saturated carbocycles. The molecule has 14 heavy (non-hydrogen) atoms. The average Bonchev–Trinajstić information content (AvgIpc) is 2.02. The van der Waals surface area contributed by atoms with Gasteiger partial charge in [0.2, 0.25) is 0 Å². The van der Waals surface area contributed by atoms with Crippen LogP contribution in [0.15, 0.2) is 0 Å². The van der Waals surface area contributed by atoms with E-state index in [0.29, 0.717) is 0 Å². The lowest BCUT2D eigenvalue weighted by molar-refractivity contribution is -0.275. The Morgan fingerprint density at radius 3 is 1.86 bits per heavy atom. The minimum Gasteiger partial charge on any atom is -0.285 e. The van der Waals surface area contributed by atoms with Gasteiger partial charge in [-0.05, 0) is 13.8 Å². The van der Waals surface area contributed by atoms with Gasteiger partial charge < -0.3 is 0 Å². The Hall–Kier alpha value is -0.0700. The van der Waals surface area contributed by atoms with Gasteiger partial charge in [0.1, 0.15) is 0 Å². The standard InChI is InChI=1S/C6H13O6PS/c1-4-10-6(13-7,11-5-2)12-14(3,8)9/h4-5H2,1-3H3/p+1. The van der Waals surface area contributed by atoms with E-state index in [1.807, 2.05) is 0 Å². The van der Waals surface area contributed by atoms with Crippen LogP contribution < -0.4 is 0 Å². The summed E-state index contributed by atoms with van der Waals surface area (Å²) in [4.78, 5) is 0. The Balaban J connectivity index is 4.74. The van der Waals surface area contributed by atoms with Crippen LogP contribution in [-0.4, -0.2) is 33.6 Å². The smallest absolute Gasteiger partial charge is 0.285 e. The highest BCUT2D eigenvalue weighted by Gasteiger charge is 2.47. The fourth-order valence-electron chi connectivity index (χ4n) is 0.745. The van der Waals surface area contributed by atoms with E-state index in [4.69, 9.17) is 9.47 Å². The monoisotopic (exact) mass is 245 g/mol. The summed E-state index contributed by atoms with van der Waals surface area (Å²) in [5.41, 5.74) is -1.99. The van der Waals surface area contributed by atoms with E-state index >= 15 is 0 Å². The Kier molecular flexibility index (Phi) is 5.70. The Morgan fingerprint density at radius 1 is 1.21 bits per heavy atom. The van der Waals surface area contributed by atoms with Gasteiger partial charge in [-0.15, -0.1) is 0 Å². The van der Waals surface area contributed by atoms with E-state index in [9.17, 15) is 13.0 Å². The molecule has 0 saturated heterocycles. The quantitative estimate of drug-likeness (QED) is 0.372. The van der Waals surface area contributed by atoms with Crippen LogP contribution in [0.1, 0.15) is 13.8 Å². The zero-order valence-corrected chi connectivity index (χ0v) is 10.1. The van der Waals surface area contributed by atoms with Gasteiger partial charge in [-0.2, -0.15) is 12.6 Å². The highest BCUT2D eigenvalue weighted by molar-refractivity contribution is 7.86. The van der Waals surface area contributed by atoms with Crippen LogP contribution in [0, 0.1) is 0 Å². The number of ether oxygens (including phenoxy) is 2. The van der Waals surface area contributed by atoms with E-state index in [0.717, 1.165) is 6.26 Å². The molecule has 0 amide bonds. The second kappa shape index (κ2) is 5.72. The van der Waals surface area contributed by atoms with Gasteiger partial charge in [-0.25, -0.2) is 0 Å². The van der Waals surface area contributed by atoms with Crippen LogP contribution in [0.25, 0.3) is 0 Å². The number of hydrogen-bond donors (Lipinski definition) is 0. The molecule has 0 N–H and O–H groups in total. The maximum Gasteiger partial charge on any atom is 0.510 e. The third kappa shape index (κ3) is 4.97. The molecule has 8 heteroatoms. The van der Waals surface area contributed by atoms with Crippen molar-refractivity contribution in [3.63, 3.8) is 0 Å². The minimum atomic E-state index is -3.78. The Labute approximate surface area is 84.9 Å². The van der Waals surface area contributed by atoms with Gasteiger partial charge in [0.05, 0.1) is 19.5 Å². The van der Waals surface area contributed by atoms with Crippen LogP contribution in [0.2, 0.25) is 0 Å². The van der Waals surface area contributed by atoms with Crippen LogP contribution in [0.4, 0.5) is 0 Å². The first-order valence-corrected chi connectivity index (χ1v) is 6.69. The molecule has 0 aliphatic rings. The van der Waals surface area contributed by atoms with Crippen molar-refractivity contribution in [3.8, 4) is 0 Å². The van der Waals surface area contributed by atoms with Crippen molar-refractivity contribution in [1.82, 2.24) is 0 Å². The van der Waals surface area contributed by atoms with E-state index in [1.165, 1.54) is 0 Å². The molecular formula is C6H14O6PS+. The van der Waals surface area contributed by atoms with Gasteiger partial charge in [0, 0.05) is 0 Å². The van der Waals surface area contributed by atoms with E-state index in [-0.39, 0.29) is 13.2 Å². The molecule has 0 aromatic carbocycles. The van der Waals surface area contributed by atoms with E-state index in [1.54, 1.807) is 13.8 Å². The molecule has 0 spiro atoms. The molecule has 0 bridgehead atoms. The van der Waals surface area contributed by atoms with Crippen molar-refractivity contribution in [2.75, 3.05) is 19.5 Å². The first-order chi connectivity index (χ1) is 6.39. The Morgan fingerprint density at radius 2 is 1.64 bits per heavy atom. The minimum absolute atomic E-state index is 0.130. The predicted octanol–water partition coefficient (Wildman–Crippen LogP) is 0.671. The highest BCUT2D eigenvalue weighted by atomic mass is 32.2. The third-order valence-corrected chi connectivity index (χ3v) is 2.37. The summed E-state index contributed by atoms with van der Waals surface area (Å²) in [6, 6.07) is 0. The molecule has 84 valence electrons.